The first-order valence-corrected chi connectivity index (χ1v) is 4.09. The van der Waals surface area contributed by atoms with Crippen molar-refractivity contribution in [2.75, 3.05) is 6.54 Å². The summed E-state index contributed by atoms with van der Waals surface area (Å²) < 4.78 is 1.54. The zero-order valence-electron chi connectivity index (χ0n) is 6.97. The maximum atomic E-state index is 10.1. The molecule has 1 unspecified atom stereocenters. The molecule has 0 saturated heterocycles. The van der Waals surface area contributed by atoms with Crippen LogP contribution in [-0.2, 0) is 12.2 Å². The van der Waals surface area contributed by atoms with Crippen molar-refractivity contribution in [1.29, 1.82) is 0 Å². The van der Waals surface area contributed by atoms with Crippen molar-refractivity contribution in [2.24, 2.45) is 7.05 Å². The molecule has 0 aromatic carbocycles. The molecular weight excluding hydrogens is 192 g/mol. The Bertz CT molecular complexity index is 301. The number of aromatic nitrogens is 3. The van der Waals surface area contributed by atoms with Gasteiger partial charge in [-0.2, -0.15) is 17.7 Å². The Morgan fingerprint density at radius 3 is 3.00 bits per heavy atom. The zero-order valence-corrected chi connectivity index (χ0v) is 7.86. The number of rotatable bonds is 3. The van der Waals surface area contributed by atoms with E-state index in [0.29, 0.717) is 5.82 Å². The number of aryl methyl sites for hydroxylation is 1. The summed E-state index contributed by atoms with van der Waals surface area (Å²) in [5.74, 6) is 0.608. The summed E-state index contributed by atoms with van der Waals surface area (Å²) in [5.41, 5.74) is 0. The predicted molar refractivity (Wildman–Crippen MR) is 46.8 cm³/mol. The van der Waals surface area contributed by atoms with Gasteiger partial charge in [0.25, 0.3) is 0 Å². The van der Waals surface area contributed by atoms with Gasteiger partial charge in [0.1, 0.15) is 12.2 Å². The minimum Gasteiger partial charge on any atom is -0.317 e. The summed E-state index contributed by atoms with van der Waals surface area (Å²) in [6.07, 6.45) is 0.0682. The predicted octanol–water partition coefficient (Wildman–Crippen LogP) is -0.0739. The lowest BCUT2D eigenvalue weighted by molar-refractivity contribution is 0.168. The number of nitrogens with zero attached hydrogens (tertiary/aromatic N) is 3. The van der Waals surface area contributed by atoms with E-state index in [4.69, 9.17) is 0 Å². The molecule has 0 bridgehead atoms. The highest BCUT2D eigenvalue weighted by Crippen LogP contribution is 2.14. The third kappa shape index (κ3) is 2.62. The third-order valence-electron chi connectivity index (χ3n) is 1.48. The molecule has 7 heteroatoms. The van der Waals surface area contributed by atoms with Crippen molar-refractivity contribution < 1.29 is 9.90 Å². The smallest absolute Gasteiger partial charge is 0.317 e. The highest BCUT2D eigenvalue weighted by molar-refractivity contribution is 7.80. The second kappa shape index (κ2) is 4.13. The number of carbonyl (C=O) groups excluding carboxylic acids is 1. The van der Waals surface area contributed by atoms with Gasteiger partial charge in [-0.3, -0.25) is 4.68 Å². The van der Waals surface area contributed by atoms with E-state index in [-0.39, 0.29) is 11.8 Å². The minimum absolute atomic E-state index is 0.151. The van der Waals surface area contributed by atoms with Crippen LogP contribution in [0.2, 0.25) is 0 Å². The maximum absolute atomic E-state index is 10.1. The van der Waals surface area contributed by atoms with Crippen LogP contribution in [0.15, 0.2) is 6.33 Å². The Hall–Kier alpha value is -1.24. The van der Waals surface area contributed by atoms with Crippen LogP contribution in [0.3, 0.4) is 0 Å². The summed E-state index contributed by atoms with van der Waals surface area (Å²) in [6, 6.07) is 0. The Balaban J connectivity index is 2.53. The number of hydrogen-bond donors (Lipinski definition) is 2. The quantitative estimate of drug-likeness (QED) is 0.671. The second-order valence-corrected chi connectivity index (χ2v) is 3.05. The van der Waals surface area contributed by atoms with Crippen LogP contribution in [0.5, 0.6) is 0 Å². The van der Waals surface area contributed by atoms with Crippen molar-refractivity contribution in [3.8, 4) is 0 Å². The summed E-state index contributed by atoms with van der Waals surface area (Å²) in [7, 11) is 1.71. The van der Waals surface area contributed by atoms with Crippen molar-refractivity contribution in [3.63, 3.8) is 0 Å². The molecule has 13 heavy (non-hydrogen) atoms. The largest absolute Gasteiger partial charge is 0.450 e. The summed E-state index contributed by atoms with van der Waals surface area (Å²) >= 11 is 4.15. The van der Waals surface area contributed by atoms with Gasteiger partial charge in [-0.25, -0.2) is 14.9 Å². The Morgan fingerprint density at radius 2 is 2.54 bits per heavy atom. The lowest BCUT2D eigenvalue weighted by Gasteiger charge is -2.07. The van der Waals surface area contributed by atoms with Crippen molar-refractivity contribution in [3.05, 3.63) is 12.2 Å². The second-order valence-electron chi connectivity index (χ2n) is 2.43. The third-order valence-corrected chi connectivity index (χ3v) is 1.90. The Morgan fingerprint density at radius 1 is 1.85 bits per heavy atom. The molecule has 1 aromatic rings. The van der Waals surface area contributed by atoms with Gasteiger partial charge in [-0.15, -0.1) is 0 Å². The van der Waals surface area contributed by atoms with Crippen LogP contribution < -0.4 is 5.32 Å². The highest BCUT2D eigenvalue weighted by atomic mass is 32.1. The molecule has 1 aromatic heterocycles. The molecule has 6 nitrogen and oxygen atoms in total. The van der Waals surface area contributed by atoms with Gasteiger partial charge in [-0.05, 0) is 0 Å². The molecule has 1 amide bonds. The molecule has 0 aliphatic carbocycles. The van der Waals surface area contributed by atoms with Crippen LogP contribution in [0.25, 0.3) is 0 Å². The van der Waals surface area contributed by atoms with Crippen molar-refractivity contribution in [1.82, 2.24) is 20.1 Å². The van der Waals surface area contributed by atoms with Crippen LogP contribution in [-0.4, -0.2) is 27.4 Å². The van der Waals surface area contributed by atoms with Crippen LogP contribution in [0.4, 0.5) is 4.79 Å². The number of amides is 1. The SMILES string of the molecule is Cn1ncnc1C(S)CNC([O])=O. The fourth-order valence-corrected chi connectivity index (χ4v) is 1.20. The molecule has 0 spiro atoms. The molecule has 0 fully saturated rings. The molecule has 1 rings (SSSR count). The lowest BCUT2D eigenvalue weighted by Crippen LogP contribution is -2.25. The van der Waals surface area contributed by atoms with Gasteiger partial charge in [0.05, 0.1) is 5.25 Å². The summed E-state index contributed by atoms with van der Waals surface area (Å²) in [6.45, 7) is 0.151. The fraction of sp³-hybridized carbons (Fsp3) is 0.500. The molecule has 1 N–H and O–H groups in total. The van der Waals surface area contributed by atoms with E-state index < -0.39 is 6.09 Å². The maximum Gasteiger partial charge on any atom is 0.450 e. The monoisotopic (exact) mass is 201 g/mol. The lowest BCUT2D eigenvalue weighted by atomic mass is 10.4. The van der Waals surface area contributed by atoms with Gasteiger partial charge in [0, 0.05) is 13.6 Å². The zero-order chi connectivity index (χ0) is 9.84. The van der Waals surface area contributed by atoms with Crippen LogP contribution in [0, 0.1) is 0 Å². The average Bonchev–Trinajstić information content (AvgIpc) is 2.47. The highest BCUT2D eigenvalue weighted by Gasteiger charge is 2.12. The van der Waals surface area contributed by atoms with Gasteiger partial charge in [0.2, 0.25) is 0 Å². The number of thiol groups is 1. The van der Waals surface area contributed by atoms with Gasteiger partial charge in [0.15, 0.2) is 0 Å². The van der Waals surface area contributed by atoms with Gasteiger partial charge in [-0.1, -0.05) is 0 Å². The first kappa shape index (κ1) is 9.85. The van der Waals surface area contributed by atoms with Crippen molar-refractivity contribution >= 4 is 18.7 Å². The molecule has 1 atom stereocenters. The Labute approximate surface area is 80.4 Å². The summed E-state index contributed by atoms with van der Waals surface area (Å²) in [5, 5.41) is 15.7. The Kier molecular flexibility index (Phi) is 3.13. The van der Waals surface area contributed by atoms with E-state index >= 15 is 0 Å². The van der Waals surface area contributed by atoms with Gasteiger partial charge >= 0.3 is 6.09 Å². The minimum atomic E-state index is -1.32. The standard InChI is InChI=1S/C6H9N4O2S/c1-10-5(8-3-9-10)4(13)2-7-6(11)12/h3-4,7,13H,2H2,1H3. The molecular formula is C6H9N4O2S. The van der Waals surface area contributed by atoms with Crippen LogP contribution >= 0.6 is 12.6 Å². The first-order chi connectivity index (χ1) is 6.11. The van der Waals surface area contributed by atoms with Crippen LogP contribution in [0.1, 0.15) is 11.1 Å². The van der Waals surface area contributed by atoms with E-state index in [1.807, 2.05) is 0 Å². The van der Waals surface area contributed by atoms with Gasteiger partial charge < -0.3 is 5.32 Å². The average molecular weight is 201 g/mol. The van der Waals surface area contributed by atoms with E-state index in [2.05, 4.69) is 28.0 Å². The number of hydrogen-bond acceptors (Lipinski definition) is 4. The van der Waals surface area contributed by atoms with E-state index in [0.717, 1.165) is 0 Å². The first-order valence-electron chi connectivity index (χ1n) is 3.58. The van der Waals surface area contributed by atoms with Crippen molar-refractivity contribution in [2.45, 2.75) is 5.25 Å². The summed E-state index contributed by atoms with van der Waals surface area (Å²) in [4.78, 5) is 14.0. The fourth-order valence-electron chi connectivity index (χ4n) is 0.878. The molecule has 0 aliphatic heterocycles. The topological polar surface area (TPSA) is 79.7 Å². The molecule has 71 valence electrons. The molecule has 0 saturated carbocycles. The molecule has 1 radical (unpaired) electrons. The normalized spacial score (nSPS) is 12.5. The van der Waals surface area contributed by atoms with E-state index in [1.165, 1.54) is 11.0 Å². The number of nitrogens with one attached hydrogen (secondary N) is 1. The molecule has 1 heterocycles. The molecule has 0 aliphatic rings. The van der Waals surface area contributed by atoms with E-state index in [9.17, 15) is 9.90 Å². The number of carbonyl (C=O) groups is 1. The van der Waals surface area contributed by atoms with E-state index in [1.54, 1.807) is 7.05 Å².